The van der Waals surface area contributed by atoms with Crippen LogP contribution in [0.3, 0.4) is 0 Å². The van der Waals surface area contributed by atoms with Gasteiger partial charge in [0.1, 0.15) is 0 Å². The molecule has 0 spiro atoms. The summed E-state index contributed by atoms with van der Waals surface area (Å²) in [6, 6.07) is 5.80. The normalized spacial score (nSPS) is 15.2. The molecule has 4 nitrogen and oxygen atoms in total. The second kappa shape index (κ2) is 8.67. The van der Waals surface area contributed by atoms with Gasteiger partial charge in [0, 0.05) is 18.7 Å². The highest BCUT2D eigenvalue weighted by molar-refractivity contribution is 7.16. The number of nitrogens with zero attached hydrogens (tertiary/aromatic N) is 2. The zero-order chi connectivity index (χ0) is 13.9. The van der Waals surface area contributed by atoms with Crippen molar-refractivity contribution in [3.63, 3.8) is 0 Å². The number of nitrogens with one attached hydrogen (secondary N) is 1. The maximum absolute atomic E-state index is 12.5. The van der Waals surface area contributed by atoms with E-state index in [9.17, 15) is 4.79 Å². The Morgan fingerprint density at radius 2 is 2.09 bits per heavy atom. The molecular weight excluding hydrogens is 341 g/mol. The van der Waals surface area contributed by atoms with Gasteiger partial charge in [-0.15, -0.1) is 36.2 Å². The lowest BCUT2D eigenvalue weighted by Gasteiger charge is -2.32. The highest BCUT2D eigenvalue weighted by Gasteiger charge is 2.23. The molecule has 1 amide bonds. The Labute approximate surface area is 147 Å². The van der Waals surface area contributed by atoms with Gasteiger partial charge in [0.2, 0.25) is 0 Å². The van der Waals surface area contributed by atoms with Crippen molar-refractivity contribution in [3.8, 4) is 0 Å². The van der Waals surface area contributed by atoms with Crippen LogP contribution in [0.15, 0.2) is 23.7 Å². The molecule has 0 bridgehead atoms. The van der Waals surface area contributed by atoms with E-state index in [0.29, 0.717) is 5.92 Å². The Bertz CT molecular complexity index is 612. The fraction of sp³-hybridized carbons (Fsp3) is 0.467. The average Bonchev–Trinajstić information content (AvgIpc) is 2.95. The van der Waals surface area contributed by atoms with E-state index in [-0.39, 0.29) is 30.7 Å². The minimum atomic E-state index is 0. The van der Waals surface area contributed by atoms with Crippen molar-refractivity contribution in [2.45, 2.75) is 12.8 Å². The monoisotopic (exact) mass is 361 g/mol. The number of rotatable bonds is 3. The second-order valence-electron chi connectivity index (χ2n) is 5.33. The van der Waals surface area contributed by atoms with Gasteiger partial charge in [-0.05, 0) is 50.6 Å². The summed E-state index contributed by atoms with van der Waals surface area (Å²) in [6.45, 7) is 2.78. The number of hydrogen-bond acceptors (Lipinski definition) is 4. The molecule has 2 aromatic rings. The Balaban J connectivity index is 0.00000121. The summed E-state index contributed by atoms with van der Waals surface area (Å²) in [5, 5.41) is 3.22. The molecule has 0 aliphatic carbocycles. The molecule has 122 valence electrons. The van der Waals surface area contributed by atoms with Crippen LogP contribution in [0.4, 0.5) is 0 Å². The van der Waals surface area contributed by atoms with E-state index in [1.54, 1.807) is 11.3 Å². The molecule has 0 atom stereocenters. The summed E-state index contributed by atoms with van der Waals surface area (Å²) in [4.78, 5) is 18.8. The number of piperidine rings is 1. The first kappa shape index (κ1) is 19.2. The summed E-state index contributed by atoms with van der Waals surface area (Å²) in [6.07, 6.45) is 2.19. The van der Waals surface area contributed by atoms with E-state index in [0.717, 1.165) is 48.3 Å². The van der Waals surface area contributed by atoms with Crippen LogP contribution in [0.5, 0.6) is 0 Å². The zero-order valence-corrected chi connectivity index (χ0v) is 14.9. The Morgan fingerprint density at radius 1 is 1.36 bits per heavy atom. The van der Waals surface area contributed by atoms with E-state index >= 15 is 0 Å². The van der Waals surface area contributed by atoms with Crippen molar-refractivity contribution >= 4 is 52.3 Å². The maximum Gasteiger partial charge on any atom is 0.253 e. The van der Waals surface area contributed by atoms with Crippen molar-refractivity contribution < 1.29 is 4.79 Å². The molecule has 3 rings (SSSR count). The van der Waals surface area contributed by atoms with E-state index in [1.165, 1.54) is 0 Å². The topological polar surface area (TPSA) is 45.2 Å². The standard InChI is InChI=1S/C15H19N3OS.2ClH/c1-16-9-11-4-6-18(7-5-11)15(19)12-2-3-13-14(8-12)20-10-17-13;;/h2-3,8,10-11,16H,4-7,9H2,1H3;2*1H. The van der Waals surface area contributed by atoms with Crippen LogP contribution in [-0.2, 0) is 0 Å². The predicted octanol–water partition coefficient (Wildman–Crippen LogP) is 3.21. The van der Waals surface area contributed by atoms with Gasteiger partial charge in [0.05, 0.1) is 15.7 Å². The van der Waals surface area contributed by atoms with Gasteiger partial charge in [0.25, 0.3) is 5.91 Å². The van der Waals surface area contributed by atoms with Gasteiger partial charge < -0.3 is 10.2 Å². The number of benzene rings is 1. The van der Waals surface area contributed by atoms with Crippen molar-refractivity contribution in [2.24, 2.45) is 5.92 Å². The van der Waals surface area contributed by atoms with Gasteiger partial charge in [-0.2, -0.15) is 0 Å². The molecule has 1 aromatic carbocycles. The molecule has 0 saturated carbocycles. The summed E-state index contributed by atoms with van der Waals surface area (Å²) in [5.74, 6) is 0.858. The first-order valence-electron chi connectivity index (χ1n) is 7.05. The number of amides is 1. The fourth-order valence-electron chi connectivity index (χ4n) is 2.80. The Kier molecular flexibility index (Phi) is 7.56. The molecule has 1 fully saturated rings. The van der Waals surface area contributed by atoms with Crippen LogP contribution >= 0.6 is 36.2 Å². The van der Waals surface area contributed by atoms with Gasteiger partial charge >= 0.3 is 0 Å². The average molecular weight is 362 g/mol. The fourth-order valence-corrected chi connectivity index (χ4v) is 3.52. The van der Waals surface area contributed by atoms with Crippen molar-refractivity contribution in [2.75, 3.05) is 26.7 Å². The zero-order valence-electron chi connectivity index (χ0n) is 12.4. The number of hydrogen-bond donors (Lipinski definition) is 1. The molecule has 1 N–H and O–H groups in total. The van der Waals surface area contributed by atoms with Gasteiger partial charge in [0.15, 0.2) is 0 Å². The number of halogens is 2. The molecule has 7 heteroatoms. The highest BCUT2D eigenvalue weighted by Crippen LogP contribution is 2.22. The first-order chi connectivity index (χ1) is 9.78. The molecule has 1 aliphatic rings. The lowest BCUT2D eigenvalue weighted by atomic mass is 9.96. The number of carbonyl (C=O) groups excluding carboxylic acids is 1. The lowest BCUT2D eigenvalue weighted by molar-refractivity contribution is 0.0691. The summed E-state index contributed by atoms with van der Waals surface area (Å²) in [5.41, 5.74) is 3.58. The molecule has 1 aliphatic heterocycles. The number of aromatic nitrogens is 1. The molecule has 1 aromatic heterocycles. The Hall–Kier alpha value is -0.880. The van der Waals surface area contributed by atoms with Gasteiger partial charge in [-0.3, -0.25) is 4.79 Å². The van der Waals surface area contributed by atoms with Crippen LogP contribution in [0.1, 0.15) is 23.2 Å². The van der Waals surface area contributed by atoms with E-state index in [1.807, 2.05) is 35.7 Å². The summed E-state index contributed by atoms with van der Waals surface area (Å²) >= 11 is 1.58. The minimum absolute atomic E-state index is 0. The predicted molar refractivity (Wildman–Crippen MR) is 96.7 cm³/mol. The third kappa shape index (κ3) is 4.10. The van der Waals surface area contributed by atoms with Crippen LogP contribution in [-0.4, -0.2) is 42.5 Å². The smallest absolute Gasteiger partial charge is 0.253 e. The van der Waals surface area contributed by atoms with Gasteiger partial charge in [-0.1, -0.05) is 0 Å². The lowest BCUT2D eigenvalue weighted by Crippen LogP contribution is -2.40. The number of carbonyl (C=O) groups is 1. The molecular formula is C15H21Cl2N3OS. The first-order valence-corrected chi connectivity index (χ1v) is 7.93. The molecule has 0 unspecified atom stereocenters. The second-order valence-corrected chi connectivity index (χ2v) is 6.21. The highest BCUT2D eigenvalue weighted by atomic mass is 35.5. The van der Waals surface area contributed by atoms with Crippen LogP contribution in [0.25, 0.3) is 10.2 Å². The number of likely N-dealkylation sites (tertiary alicyclic amines) is 1. The molecule has 1 saturated heterocycles. The van der Waals surface area contributed by atoms with Crippen molar-refractivity contribution in [3.05, 3.63) is 29.3 Å². The molecule has 2 heterocycles. The number of thiazole rings is 1. The largest absolute Gasteiger partial charge is 0.339 e. The van der Waals surface area contributed by atoms with Crippen molar-refractivity contribution in [1.82, 2.24) is 15.2 Å². The SMILES string of the molecule is CNCC1CCN(C(=O)c2ccc3ncsc3c2)CC1.Cl.Cl. The van der Waals surface area contributed by atoms with E-state index in [4.69, 9.17) is 0 Å². The summed E-state index contributed by atoms with van der Waals surface area (Å²) in [7, 11) is 1.99. The van der Waals surface area contributed by atoms with Crippen LogP contribution < -0.4 is 5.32 Å². The van der Waals surface area contributed by atoms with Crippen LogP contribution in [0.2, 0.25) is 0 Å². The third-order valence-electron chi connectivity index (χ3n) is 3.97. The van der Waals surface area contributed by atoms with E-state index in [2.05, 4.69) is 10.3 Å². The molecule has 22 heavy (non-hydrogen) atoms. The van der Waals surface area contributed by atoms with E-state index < -0.39 is 0 Å². The minimum Gasteiger partial charge on any atom is -0.339 e. The number of fused-ring (bicyclic) bond motifs is 1. The third-order valence-corrected chi connectivity index (χ3v) is 4.76. The summed E-state index contributed by atoms with van der Waals surface area (Å²) < 4.78 is 1.08. The quantitative estimate of drug-likeness (QED) is 0.912. The molecule has 0 radical (unpaired) electrons. The van der Waals surface area contributed by atoms with Gasteiger partial charge in [-0.25, -0.2) is 4.98 Å². The van der Waals surface area contributed by atoms with Crippen LogP contribution in [0, 0.1) is 5.92 Å². The maximum atomic E-state index is 12.5. The Morgan fingerprint density at radius 3 is 2.77 bits per heavy atom. The van der Waals surface area contributed by atoms with Crippen molar-refractivity contribution in [1.29, 1.82) is 0 Å².